The number of carbonyl (C=O) groups excluding carboxylic acids is 1. The second-order valence-electron chi connectivity index (χ2n) is 6.59. The highest BCUT2D eigenvalue weighted by Crippen LogP contribution is 2.19. The summed E-state index contributed by atoms with van der Waals surface area (Å²) in [6.45, 7) is 9.62. The molecule has 0 bridgehead atoms. The molecule has 0 aliphatic carbocycles. The predicted octanol–water partition coefficient (Wildman–Crippen LogP) is 6.13. The van der Waals surface area contributed by atoms with E-state index >= 15 is 0 Å². The number of unbranched alkanes of at least 4 members (excludes halogenated alkanes) is 4. The van der Waals surface area contributed by atoms with Crippen molar-refractivity contribution >= 4 is 5.97 Å². The minimum atomic E-state index is 0.0103. The molecule has 0 rings (SSSR count). The van der Waals surface area contributed by atoms with Gasteiger partial charge in [-0.1, -0.05) is 72.6 Å². The molecule has 0 saturated heterocycles. The zero-order valence-electron chi connectivity index (χ0n) is 15.0. The average Bonchev–Trinajstić information content (AvgIpc) is 2.49. The summed E-state index contributed by atoms with van der Waals surface area (Å²) in [6, 6.07) is 0. The fraction of sp³-hybridized carbons (Fsp3) is 0.947. The van der Waals surface area contributed by atoms with Gasteiger partial charge in [0, 0.05) is 6.42 Å². The van der Waals surface area contributed by atoms with Gasteiger partial charge in [-0.05, 0) is 31.1 Å². The van der Waals surface area contributed by atoms with E-state index in [1.165, 1.54) is 51.4 Å². The monoisotopic (exact) mass is 298 g/mol. The normalized spacial score (nSPS) is 13.9. The van der Waals surface area contributed by atoms with Crippen LogP contribution >= 0.6 is 0 Å². The van der Waals surface area contributed by atoms with Gasteiger partial charge in [0.05, 0.1) is 6.61 Å². The summed E-state index contributed by atoms with van der Waals surface area (Å²) in [5.74, 6) is 1.36. The number of carbonyl (C=O) groups is 1. The van der Waals surface area contributed by atoms with E-state index in [-0.39, 0.29) is 5.97 Å². The fourth-order valence-electron chi connectivity index (χ4n) is 2.60. The largest absolute Gasteiger partial charge is 0.465 e. The number of hydrogen-bond acceptors (Lipinski definition) is 2. The van der Waals surface area contributed by atoms with Crippen molar-refractivity contribution in [1.82, 2.24) is 0 Å². The maximum Gasteiger partial charge on any atom is 0.305 e. The van der Waals surface area contributed by atoms with E-state index in [2.05, 4.69) is 27.7 Å². The highest BCUT2D eigenvalue weighted by Gasteiger charge is 2.12. The van der Waals surface area contributed by atoms with Crippen molar-refractivity contribution < 1.29 is 9.53 Å². The van der Waals surface area contributed by atoms with Crippen LogP contribution in [0.4, 0.5) is 0 Å². The highest BCUT2D eigenvalue weighted by molar-refractivity contribution is 5.69. The third-order valence-electron chi connectivity index (χ3n) is 4.43. The Morgan fingerprint density at radius 1 is 0.905 bits per heavy atom. The maximum atomic E-state index is 11.8. The quantitative estimate of drug-likeness (QED) is 0.285. The van der Waals surface area contributed by atoms with Gasteiger partial charge in [-0.3, -0.25) is 4.79 Å². The lowest BCUT2D eigenvalue weighted by molar-refractivity contribution is -0.145. The van der Waals surface area contributed by atoms with E-state index in [1.54, 1.807) is 0 Å². The molecule has 126 valence electrons. The molecule has 2 atom stereocenters. The summed E-state index contributed by atoms with van der Waals surface area (Å²) in [4.78, 5) is 11.8. The van der Waals surface area contributed by atoms with Gasteiger partial charge in [0.25, 0.3) is 0 Å². The van der Waals surface area contributed by atoms with Crippen LogP contribution in [0.1, 0.15) is 98.3 Å². The van der Waals surface area contributed by atoms with Crippen LogP contribution < -0.4 is 0 Å². The molecule has 0 aromatic heterocycles. The Morgan fingerprint density at radius 2 is 1.62 bits per heavy atom. The molecule has 0 fully saturated rings. The number of ether oxygens (including phenoxy) is 1. The van der Waals surface area contributed by atoms with Crippen molar-refractivity contribution in [3.05, 3.63) is 0 Å². The molecule has 0 aromatic carbocycles. The van der Waals surface area contributed by atoms with Gasteiger partial charge in [-0.25, -0.2) is 0 Å². The van der Waals surface area contributed by atoms with E-state index in [0.29, 0.717) is 18.9 Å². The second-order valence-corrected chi connectivity index (χ2v) is 6.59. The van der Waals surface area contributed by atoms with E-state index in [1.807, 2.05) is 0 Å². The van der Waals surface area contributed by atoms with E-state index < -0.39 is 0 Å². The van der Waals surface area contributed by atoms with Gasteiger partial charge in [0.1, 0.15) is 0 Å². The number of hydrogen-bond donors (Lipinski definition) is 0. The molecular formula is C19H38O2. The summed E-state index contributed by atoms with van der Waals surface area (Å²) in [7, 11) is 0. The Bertz CT molecular complexity index is 238. The first-order chi connectivity index (χ1) is 10.1. The predicted molar refractivity (Wildman–Crippen MR) is 91.4 cm³/mol. The first-order valence-corrected chi connectivity index (χ1v) is 9.29. The van der Waals surface area contributed by atoms with Gasteiger partial charge in [0.15, 0.2) is 0 Å². The SMILES string of the molecule is CCCCCCCC(=O)OCC(CCC)CCC(C)CC. The van der Waals surface area contributed by atoms with E-state index in [9.17, 15) is 4.79 Å². The molecule has 0 radical (unpaired) electrons. The van der Waals surface area contributed by atoms with E-state index in [4.69, 9.17) is 4.74 Å². The summed E-state index contributed by atoms with van der Waals surface area (Å²) in [5, 5.41) is 0. The van der Waals surface area contributed by atoms with Crippen LogP contribution in [0.25, 0.3) is 0 Å². The molecule has 2 unspecified atom stereocenters. The number of esters is 1. The molecular weight excluding hydrogens is 260 g/mol. The second kappa shape index (κ2) is 14.4. The Hall–Kier alpha value is -0.530. The molecule has 0 amide bonds. The van der Waals surface area contributed by atoms with Crippen LogP contribution in [0.2, 0.25) is 0 Å². The van der Waals surface area contributed by atoms with Gasteiger partial charge >= 0.3 is 5.97 Å². The van der Waals surface area contributed by atoms with Crippen LogP contribution in [0.5, 0.6) is 0 Å². The Kier molecular flexibility index (Phi) is 14.0. The van der Waals surface area contributed by atoms with Crippen LogP contribution in [-0.2, 0) is 9.53 Å². The van der Waals surface area contributed by atoms with Crippen molar-refractivity contribution in [2.75, 3.05) is 6.61 Å². The van der Waals surface area contributed by atoms with Crippen molar-refractivity contribution in [1.29, 1.82) is 0 Å². The lowest BCUT2D eigenvalue weighted by Gasteiger charge is -2.18. The molecule has 2 heteroatoms. The van der Waals surface area contributed by atoms with Gasteiger partial charge in [-0.15, -0.1) is 0 Å². The molecule has 0 aliphatic rings. The van der Waals surface area contributed by atoms with Gasteiger partial charge < -0.3 is 4.74 Å². The van der Waals surface area contributed by atoms with Gasteiger partial charge in [0.2, 0.25) is 0 Å². The summed E-state index contributed by atoms with van der Waals surface area (Å²) < 4.78 is 5.49. The van der Waals surface area contributed by atoms with Crippen LogP contribution in [0, 0.1) is 11.8 Å². The molecule has 0 N–H and O–H groups in total. The van der Waals surface area contributed by atoms with E-state index in [0.717, 1.165) is 18.8 Å². The number of rotatable bonds is 14. The molecule has 0 saturated carbocycles. The molecule has 0 aliphatic heterocycles. The lowest BCUT2D eigenvalue weighted by Crippen LogP contribution is -2.15. The highest BCUT2D eigenvalue weighted by atomic mass is 16.5. The molecule has 0 spiro atoms. The minimum Gasteiger partial charge on any atom is -0.465 e. The van der Waals surface area contributed by atoms with Crippen molar-refractivity contribution in [3.63, 3.8) is 0 Å². The first kappa shape index (κ1) is 20.5. The van der Waals surface area contributed by atoms with Crippen molar-refractivity contribution in [3.8, 4) is 0 Å². The molecule has 0 aromatic rings. The third kappa shape index (κ3) is 12.9. The Morgan fingerprint density at radius 3 is 2.24 bits per heavy atom. The van der Waals surface area contributed by atoms with Crippen molar-refractivity contribution in [2.24, 2.45) is 11.8 Å². The topological polar surface area (TPSA) is 26.3 Å². The Labute approximate surface area is 133 Å². The molecule has 0 heterocycles. The Balaban J connectivity index is 3.76. The zero-order chi connectivity index (χ0) is 15.9. The van der Waals surface area contributed by atoms with Gasteiger partial charge in [-0.2, -0.15) is 0 Å². The van der Waals surface area contributed by atoms with Crippen LogP contribution in [0.3, 0.4) is 0 Å². The molecule has 21 heavy (non-hydrogen) atoms. The first-order valence-electron chi connectivity index (χ1n) is 9.29. The summed E-state index contributed by atoms with van der Waals surface area (Å²) in [6.07, 6.45) is 12.6. The smallest absolute Gasteiger partial charge is 0.305 e. The van der Waals surface area contributed by atoms with Crippen molar-refractivity contribution in [2.45, 2.75) is 98.3 Å². The maximum absolute atomic E-state index is 11.8. The lowest BCUT2D eigenvalue weighted by atomic mass is 9.93. The zero-order valence-corrected chi connectivity index (χ0v) is 15.0. The summed E-state index contributed by atoms with van der Waals surface area (Å²) >= 11 is 0. The van der Waals surface area contributed by atoms with Crippen LogP contribution in [0.15, 0.2) is 0 Å². The standard InChI is InChI=1S/C19H38O2/c1-5-8-9-10-11-13-19(20)21-16-18(12-6-2)15-14-17(4)7-3/h17-18H,5-16H2,1-4H3. The minimum absolute atomic E-state index is 0.0103. The summed E-state index contributed by atoms with van der Waals surface area (Å²) in [5.41, 5.74) is 0. The molecule has 2 nitrogen and oxygen atoms in total. The van der Waals surface area contributed by atoms with Crippen LogP contribution in [-0.4, -0.2) is 12.6 Å². The fourth-order valence-corrected chi connectivity index (χ4v) is 2.60. The third-order valence-corrected chi connectivity index (χ3v) is 4.43. The average molecular weight is 299 g/mol.